The summed E-state index contributed by atoms with van der Waals surface area (Å²) in [5.74, 6) is 0.164. The van der Waals surface area contributed by atoms with Gasteiger partial charge < -0.3 is 10.2 Å². The number of carbonyl (C=O) groups is 1. The Bertz CT molecular complexity index is 421. The van der Waals surface area contributed by atoms with Crippen molar-refractivity contribution in [2.45, 2.75) is 58.5 Å². The lowest BCUT2D eigenvalue weighted by molar-refractivity contribution is 0.172. The van der Waals surface area contributed by atoms with Gasteiger partial charge in [-0.25, -0.2) is 17.9 Å². The van der Waals surface area contributed by atoms with Crippen molar-refractivity contribution in [1.29, 1.82) is 0 Å². The first-order chi connectivity index (χ1) is 9.13. The molecule has 0 saturated carbocycles. The normalized spacial score (nSPS) is 18.1. The van der Waals surface area contributed by atoms with E-state index in [4.69, 9.17) is 0 Å². The number of likely N-dealkylation sites (tertiary alicyclic amines) is 1. The Morgan fingerprint density at radius 2 is 1.80 bits per heavy atom. The van der Waals surface area contributed by atoms with Crippen LogP contribution < -0.4 is 10.0 Å². The highest BCUT2D eigenvalue weighted by Gasteiger charge is 2.27. The standard InChI is InChI=1S/C13H27N3O3S/c1-5-10-20(18,19)15-11-6-8-16(9-7-11)12(17)14-13(2,3)4/h11,15H,5-10H2,1-4H3,(H,14,17). The van der Waals surface area contributed by atoms with Gasteiger partial charge in [0.2, 0.25) is 10.0 Å². The van der Waals surface area contributed by atoms with Crippen molar-refractivity contribution in [3.8, 4) is 0 Å². The largest absolute Gasteiger partial charge is 0.333 e. The molecular weight excluding hydrogens is 278 g/mol. The minimum absolute atomic E-state index is 0.0507. The molecule has 0 aromatic heterocycles. The smallest absolute Gasteiger partial charge is 0.317 e. The van der Waals surface area contributed by atoms with Crippen LogP contribution in [0.4, 0.5) is 4.79 Å². The van der Waals surface area contributed by atoms with Gasteiger partial charge in [-0.2, -0.15) is 0 Å². The molecule has 6 nitrogen and oxygen atoms in total. The number of urea groups is 1. The fourth-order valence-electron chi connectivity index (χ4n) is 2.18. The van der Waals surface area contributed by atoms with Gasteiger partial charge in [0, 0.05) is 24.7 Å². The van der Waals surface area contributed by atoms with Crippen molar-refractivity contribution in [3.63, 3.8) is 0 Å². The highest BCUT2D eigenvalue weighted by Crippen LogP contribution is 2.13. The Kier molecular flexibility index (Phi) is 5.82. The number of carbonyl (C=O) groups excluding carboxylic acids is 1. The molecule has 0 bridgehead atoms. The lowest BCUT2D eigenvalue weighted by Gasteiger charge is -2.34. The number of nitrogens with zero attached hydrogens (tertiary/aromatic N) is 1. The fraction of sp³-hybridized carbons (Fsp3) is 0.923. The molecule has 1 saturated heterocycles. The van der Waals surface area contributed by atoms with E-state index in [1.807, 2.05) is 27.7 Å². The molecule has 0 unspecified atom stereocenters. The van der Waals surface area contributed by atoms with Crippen molar-refractivity contribution in [3.05, 3.63) is 0 Å². The Morgan fingerprint density at radius 3 is 2.25 bits per heavy atom. The van der Waals surface area contributed by atoms with E-state index in [2.05, 4.69) is 10.0 Å². The van der Waals surface area contributed by atoms with Gasteiger partial charge in [-0.15, -0.1) is 0 Å². The summed E-state index contributed by atoms with van der Waals surface area (Å²) in [6, 6.07) is -0.127. The first-order valence-corrected chi connectivity index (χ1v) is 8.85. The molecule has 1 aliphatic rings. The lowest BCUT2D eigenvalue weighted by atomic mass is 10.1. The zero-order valence-electron chi connectivity index (χ0n) is 12.9. The van der Waals surface area contributed by atoms with E-state index in [1.165, 1.54) is 0 Å². The Labute approximate surface area is 122 Å². The summed E-state index contributed by atoms with van der Waals surface area (Å²) in [5, 5.41) is 2.92. The van der Waals surface area contributed by atoms with Crippen LogP contribution in [0.2, 0.25) is 0 Å². The first kappa shape index (κ1) is 17.2. The van der Waals surface area contributed by atoms with Crippen molar-refractivity contribution >= 4 is 16.1 Å². The molecule has 2 N–H and O–H groups in total. The summed E-state index contributed by atoms with van der Waals surface area (Å²) in [6.07, 6.45) is 1.95. The van der Waals surface area contributed by atoms with Crippen molar-refractivity contribution in [2.75, 3.05) is 18.8 Å². The van der Waals surface area contributed by atoms with Crippen LogP contribution in [0.25, 0.3) is 0 Å². The number of nitrogens with one attached hydrogen (secondary N) is 2. The summed E-state index contributed by atoms with van der Waals surface area (Å²) in [4.78, 5) is 13.7. The van der Waals surface area contributed by atoms with Crippen molar-refractivity contribution in [2.24, 2.45) is 0 Å². The topological polar surface area (TPSA) is 78.5 Å². The third kappa shape index (κ3) is 6.09. The Morgan fingerprint density at radius 1 is 1.25 bits per heavy atom. The summed E-state index contributed by atoms with van der Waals surface area (Å²) in [5.41, 5.74) is -0.253. The van der Waals surface area contributed by atoms with E-state index >= 15 is 0 Å². The number of hydrogen-bond donors (Lipinski definition) is 2. The second-order valence-electron chi connectivity index (χ2n) is 6.38. The molecule has 0 aromatic carbocycles. The van der Waals surface area contributed by atoms with Gasteiger partial charge >= 0.3 is 6.03 Å². The fourth-order valence-corrected chi connectivity index (χ4v) is 3.58. The van der Waals surface area contributed by atoms with Gasteiger partial charge in [0.25, 0.3) is 0 Å². The summed E-state index contributed by atoms with van der Waals surface area (Å²) in [7, 11) is -3.17. The number of rotatable bonds is 4. The molecule has 1 heterocycles. The Balaban J connectivity index is 2.42. The van der Waals surface area contributed by atoms with Crippen LogP contribution in [-0.2, 0) is 10.0 Å². The van der Waals surface area contributed by atoms with Crippen LogP contribution in [0.15, 0.2) is 0 Å². The highest BCUT2D eigenvalue weighted by molar-refractivity contribution is 7.89. The molecule has 0 atom stereocenters. The van der Waals surface area contributed by atoms with Gasteiger partial charge in [0.05, 0.1) is 5.75 Å². The van der Waals surface area contributed by atoms with Crippen LogP contribution >= 0.6 is 0 Å². The summed E-state index contributed by atoms with van der Waals surface area (Å²) >= 11 is 0. The maximum absolute atomic E-state index is 12.0. The van der Waals surface area contributed by atoms with Gasteiger partial charge in [0.15, 0.2) is 0 Å². The maximum Gasteiger partial charge on any atom is 0.317 e. The summed E-state index contributed by atoms with van der Waals surface area (Å²) in [6.45, 7) is 8.84. The van der Waals surface area contributed by atoms with E-state index in [0.29, 0.717) is 32.4 Å². The lowest BCUT2D eigenvalue weighted by Crippen LogP contribution is -2.53. The van der Waals surface area contributed by atoms with Gasteiger partial charge in [0.1, 0.15) is 0 Å². The average Bonchev–Trinajstić information content (AvgIpc) is 2.26. The van der Waals surface area contributed by atoms with Crippen LogP contribution in [0.3, 0.4) is 0 Å². The third-order valence-corrected chi connectivity index (χ3v) is 4.72. The Hall–Kier alpha value is -0.820. The molecule has 0 aliphatic carbocycles. The second kappa shape index (κ2) is 6.76. The zero-order valence-corrected chi connectivity index (χ0v) is 13.7. The highest BCUT2D eigenvalue weighted by atomic mass is 32.2. The predicted molar refractivity (Wildman–Crippen MR) is 80.1 cm³/mol. The molecular formula is C13H27N3O3S. The number of hydrogen-bond acceptors (Lipinski definition) is 3. The quantitative estimate of drug-likeness (QED) is 0.821. The molecule has 118 valence electrons. The molecule has 2 amide bonds. The average molecular weight is 305 g/mol. The molecule has 1 rings (SSSR count). The molecule has 7 heteroatoms. The second-order valence-corrected chi connectivity index (χ2v) is 8.25. The maximum atomic E-state index is 12.0. The SMILES string of the molecule is CCCS(=O)(=O)NC1CCN(C(=O)NC(C)(C)C)CC1. The molecule has 0 radical (unpaired) electrons. The number of sulfonamides is 1. The number of piperidine rings is 1. The van der Waals surface area contributed by atoms with Gasteiger partial charge in [-0.1, -0.05) is 6.92 Å². The predicted octanol–water partition coefficient (Wildman–Crippen LogP) is 1.29. The molecule has 0 spiro atoms. The van der Waals surface area contributed by atoms with E-state index in [-0.39, 0.29) is 23.4 Å². The molecule has 20 heavy (non-hydrogen) atoms. The van der Waals surface area contributed by atoms with Crippen LogP contribution in [0.5, 0.6) is 0 Å². The van der Waals surface area contributed by atoms with Gasteiger partial charge in [-0.3, -0.25) is 0 Å². The van der Waals surface area contributed by atoms with Crippen LogP contribution in [0, 0.1) is 0 Å². The van der Waals surface area contributed by atoms with E-state index in [1.54, 1.807) is 4.90 Å². The third-order valence-electron chi connectivity index (χ3n) is 3.08. The van der Waals surface area contributed by atoms with Crippen molar-refractivity contribution < 1.29 is 13.2 Å². The van der Waals surface area contributed by atoms with E-state index in [0.717, 1.165) is 0 Å². The molecule has 1 fully saturated rings. The molecule has 1 aliphatic heterocycles. The van der Waals surface area contributed by atoms with E-state index < -0.39 is 10.0 Å². The zero-order chi connectivity index (χ0) is 15.4. The minimum Gasteiger partial charge on any atom is -0.333 e. The van der Waals surface area contributed by atoms with Crippen molar-refractivity contribution in [1.82, 2.24) is 14.9 Å². The monoisotopic (exact) mass is 305 g/mol. The van der Waals surface area contributed by atoms with Crippen LogP contribution in [-0.4, -0.2) is 49.8 Å². The number of amides is 2. The van der Waals surface area contributed by atoms with E-state index in [9.17, 15) is 13.2 Å². The molecule has 0 aromatic rings. The summed E-state index contributed by atoms with van der Waals surface area (Å²) < 4.78 is 26.1. The van der Waals surface area contributed by atoms with Crippen LogP contribution in [0.1, 0.15) is 47.0 Å². The minimum atomic E-state index is -3.17. The van der Waals surface area contributed by atoms with Gasteiger partial charge in [-0.05, 0) is 40.0 Å². The first-order valence-electron chi connectivity index (χ1n) is 7.20.